The summed E-state index contributed by atoms with van der Waals surface area (Å²) in [5.74, 6) is 0. The summed E-state index contributed by atoms with van der Waals surface area (Å²) in [5, 5.41) is 0.945. The molecular formula is C17H22N2OS2. The van der Waals surface area contributed by atoms with Crippen LogP contribution in [-0.2, 0) is 12.8 Å². The van der Waals surface area contributed by atoms with Crippen molar-refractivity contribution in [2.75, 3.05) is 0 Å². The fourth-order valence-electron chi connectivity index (χ4n) is 4.10. The van der Waals surface area contributed by atoms with Gasteiger partial charge < -0.3 is 4.98 Å². The molecule has 2 aromatic heterocycles. The van der Waals surface area contributed by atoms with Crippen LogP contribution in [-0.4, -0.2) is 9.55 Å². The number of aromatic amines is 1. The molecule has 0 saturated heterocycles. The molecule has 0 spiro atoms. The van der Waals surface area contributed by atoms with E-state index in [9.17, 15) is 4.79 Å². The number of aryl methyl sites for hydroxylation is 2. The van der Waals surface area contributed by atoms with Crippen molar-refractivity contribution < 1.29 is 0 Å². The number of hydrogen-bond donors (Lipinski definition) is 1. The smallest absolute Gasteiger partial charge is 0.263 e. The molecule has 22 heavy (non-hydrogen) atoms. The third-order valence-corrected chi connectivity index (χ3v) is 6.74. The predicted molar refractivity (Wildman–Crippen MR) is 94.7 cm³/mol. The summed E-state index contributed by atoms with van der Waals surface area (Å²) in [7, 11) is 0. The number of nitrogens with one attached hydrogen (secondary N) is 1. The van der Waals surface area contributed by atoms with Crippen LogP contribution >= 0.6 is 23.6 Å². The molecule has 2 heterocycles. The van der Waals surface area contributed by atoms with Crippen molar-refractivity contribution in [3.05, 3.63) is 25.6 Å². The molecule has 3 nitrogen and oxygen atoms in total. The van der Waals surface area contributed by atoms with Gasteiger partial charge in [0.25, 0.3) is 5.56 Å². The van der Waals surface area contributed by atoms with Crippen molar-refractivity contribution in [1.29, 1.82) is 0 Å². The van der Waals surface area contributed by atoms with Crippen LogP contribution in [0, 0.1) is 4.77 Å². The number of aromatic nitrogens is 2. The Kier molecular flexibility index (Phi) is 3.95. The first-order valence-corrected chi connectivity index (χ1v) is 9.77. The van der Waals surface area contributed by atoms with Crippen LogP contribution < -0.4 is 5.56 Å². The van der Waals surface area contributed by atoms with Gasteiger partial charge in [0.1, 0.15) is 4.83 Å². The van der Waals surface area contributed by atoms with Gasteiger partial charge >= 0.3 is 0 Å². The van der Waals surface area contributed by atoms with Crippen LogP contribution in [0.5, 0.6) is 0 Å². The number of hydrogen-bond acceptors (Lipinski definition) is 3. The predicted octanol–water partition coefficient (Wildman–Crippen LogP) is 4.89. The van der Waals surface area contributed by atoms with Gasteiger partial charge in [0.15, 0.2) is 4.77 Å². The highest BCUT2D eigenvalue weighted by Gasteiger charge is 2.23. The van der Waals surface area contributed by atoms with Crippen LogP contribution in [0.4, 0.5) is 0 Å². The van der Waals surface area contributed by atoms with Gasteiger partial charge in [-0.2, -0.15) is 0 Å². The average molecular weight is 335 g/mol. The molecule has 1 N–H and O–H groups in total. The van der Waals surface area contributed by atoms with Crippen LogP contribution in [0.3, 0.4) is 0 Å². The Morgan fingerprint density at radius 3 is 2.59 bits per heavy atom. The van der Waals surface area contributed by atoms with E-state index in [-0.39, 0.29) is 5.56 Å². The highest BCUT2D eigenvalue weighted by Crippen LogP contribution is 2.34. The molecule has 2 aliphatic carbocycles. The number of nitrogens with zero attached hydrogens (tertiary/aromatic N) is 1. The van der Waals surface area contributed by atoms with Crippen LogP contribution in [0.25, 0.3) is 10.2 Å². The zero-order valence-electron chi connectivity index (χ0n) is 12.8. The summed E-state index contributed by atoms with van der Waals surface area (Å²) in [6.07, 6.45) is 11.8. The zero-order valence-corrected chi connectivity index (χ0v) is 14.5. The molecule has 5 heteroatoms. The summed E-state index contributed by atoms with van der Waals surface area (Å²) in [6, 6.07) is 0.302. The highest BCUT2D eigenvalue weighted by molar-refractivity contribution is 7.71. The van der Waals surface area contributed by atoms with Gasteiger partial charge in [0.2, 0.25) is 0 Å². The molecule has 4 rings (SSSR count). The maximum atomic E-state index is 13.2. The summed E-state index contributed by atoms with van der Waals surface area (Å²) in [6.45, 7) is 0. The van der Waals surface area contributed by atoms with E-state index in [4.69, 9.17) is 12.2 Å². The van der Waals surface area contributed by atoms with Crippen molar-refractivity contribution in [3.8, 4) is 0 Å². The largest absolute Gasteiger partial charge is 0.323 e. The molecule has 0 aromatic carbocycles. The highest BCUT2D eigenvalue weighted by atomic mass is 32.1. The second-order valence-electron chi connectivity index (χ2n) is 6.67. The molecule has 0 radical (unpaired) electrons. The lowest BCUT2D eigenvalue weighted by Gasteiger charge is -2.23. The van der Waals surface area contributed by atoms with Gasteiger partial charge in [-0.1, -0.05) is 25.7 Å². The number of rotatable bonds is 1. The van der Waals surface area contributed by atoms with Gasteiger partial charge in [-0.05, 0) is 56.3 Å². The Bertz CT molecular complexity index is 808. The molecule has 0 bridgehead atoms. The average Bonchev–Trinajstić information content (AvgIpc) is 2.70. The first-order valence-electron chi connectivity index (χ1n) is 8.55. The van der Waals surface area contributed by atoms with E-state index in [1.54, 1.807) is 11.3 Å². The Balaban J connectivity index is 1.93. The second-order valence-corrected chi connectivity index (χ2v) is 8.16. The molecule has 0 aliphatic heterocycles. The number of thiophene rings is 1. The fourth-order valence-corrected chi connectivity index (χ4v) is 5.78. The quantitative estimate of drug-likeness (QED) is 0.595. The van der Waals surface area contributed by atoms with E-state index in [2.05, 4.69) is 4.98 Å². The minimum absolute atomic E-state index is 0.171. The molecule has 0 atom stereocenters. The Morgan fingerprint density at radius 2 is 1.77 bits per heavy atom. The fraction of sp³-hybridized carbons (Fsp3) is 0.647. The van der Waals surface area contributed by atoms with Crippen molar-refractivity contribution in [1.82, 2.24) is 9.55 Å². The lowest BCUT2D eigenvalue weighted by Crippen LogP contribution is -2.28. The monoisotopic (exact) mass is 334 g/mol. The molecule has 0 unspecified atom stereocenters. The lowest BCUT2D eigenvalue weighted by molar-refractivity contribution is 0.342. The number of fused-ring (bicyclic) bond motifs is 3. The van der Waals surface area contributed by atoms with Crippen LogP contribution in [0.2, 0.25) is 0 Å². The van der Waals surface area contributed by atoms with E-state index >= 15 is 0 Å². The van der Waals surface area contributed by atoms with Gasteiger partial charge in [-0.3, -0.25) is 9.36 Å². The molecular weight excluding hydrogens is 312 g/mol. The molecule has 118 valence electrons. The summed E-state index contributed by atoms with van der Waals surface area (Å²) in [5.41, 5.74) is 1.49. The minimum Gasteiger partial charge on any atom is -0.323 e. The third kappa shape index (κ3) is 2.38. The van der Waals surface area contributed by atoms with Gasteiger partial charge in [-0.25, -0.2) is 0 Å². The van der Waals surface area contributed by atoms with Gasteiger partial charge in [0.05, 0.1) is 5.39 Å². The van der Waals surface area contributed by atoms with Gasteiger partial charge in [-0.15, -0.1) is 11.3 Å². The molecule has 2 aliphatic rings. The van der Waals surface area contributed by atoms with Crippen LogP contribution in [0.15, 0.2) is 4.79 Å². The van der Waals surface area contributed by atoms with E-state index in [1.807, 2.05) is 4.57 Å². The van der Waals surface area contributed by atoms with Crippen molar-refractivity contribution in [2.45, 2.75) is 70.3 Å². The standard InChI is InChI=1S/C17H22N2OS2/c20-16-14-12-9-5-2-6-10-13(12)22-15(14)18-17(21)19(16)11-7-3-1-4-8-11/h11H,1-10H2,(H,18,21). The molecule has 2 aromatic rings. The first kappa shape index (κ1) is 14.6. The summed E-state index contributed by atoms with van der Waals surface area (Å²) in [4.78, 5) is 19.0. The molecule has 0 amide bonds. The first-order chi connectivity index (χ1) is 10.8. The Labute approximate surface area is 139 Å². The summed E-state index contributed by atoms with van der Waals surface area (Å²) < 4.78 is 2.52. The van der Waals surface area contributed by atoms with E-state index in [0.717, 1.165) is 35.9 Å². The van der Waals surface area contributed by atoms with Crippen molar-refractivity contribution in [3.63, 3.8) is 0 Å². The maximum Gasteiger partial charge on any atom is 0.263 e. The topological polar surface area (TPSA) is 37.8 Å². The van der Waals surface area contributed by atoms with Crippen molar-refractivity contribution in [2.24, 2.45) is 0 Å². The SMILES string of the molecule is O=c1c2c3c(sc2[nH]c(=S)n1C1CCCCC1)CCCCC3. The number of H-pyrrole nitrogens is 1. The second kappa shape index (κ2) is 5.93. The Morgan fingerprint density at radius 1 is 1.05 bits per heavy atom. The van der Waals surface area contributed by atoms with E-state index in [1.165, 1.54) is 49.0 Å². The molecule has 1 saturated carbocycles. The molecule has 1 fully saturated rings. The van der Waals surface area contributed by atoms with Crippen molar-refractivity contribution >= 4 is 33.8 Å². The van der Waals surface area contributed by atoms with E-state index < -0.39 is 0 Å². The van der Waals surface area contributed by atoms with E-state index in [0.29, 0.717) is 10.8 Å². The van der Waals surface area contributed by atoms with Crippen LogP contribution in [0.1, 0.15) is 67.8 Å². The minimum atomic E-state index is 0.171. The zero-order chi connectivity index (χ0) is 15.1. The maximum absolute atomic E-state index is 13.2. The third-order valence-electron chi connectivity index (χ3n) is 5.23. The van der Waals surface area contributed by atoms with Gasteiger partial charge in [0, 0.05) is 10.9 Å². The normalized spacial score (nSPS) is 20.0. The Hall–Kier alpha value is -0.940. The summed E-state index contributed by atoms with van der Waals surface area (Å²) >= 11 is 7.29. The lowest BCUT2D eigenvalue weighted by atomic mass is 9.95.